The van der Waals surface area contributed by atoms with Crippen LogP contribution in [0.1, 0.15) is 26.3 Å². The van der Waals surface area contributed by atoms with E-state index in [-0.39, 0.29) is 5.82 Å². The van der Waals surface area contributed by atoms with Crippen LogP contribution in [0.15, 0.2) is 18.2 Å². The summed E-state index contributed by atoms with van der Waals surface area (Å²) in [4.78, 5) is 4.77. The molecule has 0 radical (unpaired) electrons. The van der Waals surface area contributed by atoms with Crippen molar-refractivity contribution in [3.63, 3.8) is 0 Å². The number of hydrogen-bond acceptors (Lipinski definition) is 3. The number of anilines is 1. The van der Waals surface area contributed by atoms with E-state index in [0.29, 0.717) is 6.04 Å². The van der Waals surface area contributed by atoms with Gasteiger partial charge in [-0.25, -0.2) is 4.39 Å². The third kappa shape index (κ3) is 3.70. The summed E-state index contributed by atoms with van der Waals surface area (Å²) in [5.41, 5.74) is 2.04. The van der Waals surface area contributed by atoms with Crippen molar-refractivity contribution in [1.82, 2.24) is 10.2 Å². The fraction of sp³-hybridized carbons (Fsp3) is 0.625. The molecule has 1 N–H and O–H groups in total. The van der Waals surface area contributed by atoms with Crippen molar-refractivity contribution in [2.24, 2.45) is 0 Å². The first-order chi connectivity index (χ1) is 9.63. The molecule has 0 saturated carbocycles. The Balaban J connectivity index is 2.10. The van der Waals surface area contributed by atoms with Crippen LogP contribution in [0.4, 0.5) is 10.1 Å². The molecule has 0 amide bonds. The second kappa shape index (κ2) is 7.04. The van der Waals surface area contributed by atoms with Crippen LogP contribution < -0.4 is 10.2 Å². The molecule has 1 saturated heterocycles. The average Bonchev–Trinajstić information content (AvgIpc) is 2.44. The molecular weight excluding hydrogens is 253 g/mol. The van der Waals surface area contributed by atoms with Gasteiger partial charge in [0.15, 0.2) is 0 Å². The zero-order chi connectivity index (χ0) is 14.5. The SMILES string of the molecule is CCNCc1cc(F)cc(N2CCN(CC)C(C)C2)c1. The van der Waals surface area contributed by atoms with Gasteiger partial charge < -0.3 is 10.2 Å². The number of hydrogen-bond donors (Lipinski definition) is 1. The molecule has 1 aromatic rings. The lowest BCUT2D eigenvalue weighted by Gasteiger charge is -2.40. The summed E-state index contributed by atoms with van der Waals surface area (Å²) >= 11 is 0. The van der Waals surface area contributed by atoms with Crippen molar-refractivity contribution in [2.75, 3.05) is 37.6 Å². The van der Waals surface area contributed by atoms with Crippen LogP contribution in [0.2, 0.25) is 0 Å². The highest BCUT2D eigenvalue weighted by atomic mass is 19.1. The monoisotopic (exact) mass is 279 g/mol. The smallest absolute Gasteiger partial charge is 0.125 e. The highest BCUT2D eigenvalue weighted by Crippen LogP contribution is 2.22. The lowest BCUT2D eigenvalue weighted by Crippen LogP contribution is -2.51. The number of nitrogens with zero attached hydrogens (tertiary/aromatic N) is 2. The first-order valence-corrected chi connectivity index (χ1v) is 7.63. The summed E-state index contributed by atoms with van der Waals surface area (Å²) in [6.45, 7) is 12.2. The summed E-state index contributed by atoms with van der Waals surface area (Å²) in [6.07, 6.45) is 0. The quantitative estimate of drug-likeness (QED) is 0.893. The molecule has 0 aromatic heterocycles. The van der Waals surface area contributed by atoms with Crippen molar-refractivity contribution >= 4 is 5.69 Å². The molecule has 1 fully saturated rings. The Morgan fingerprint density at radius 2 is 2.05 bits per heavy atom. The second-order valence-corrected chi connectivity index (χ2v) is 5.52. The van der Waals surface area contributed by atoms with Gasteiger partial charge >= 0.3 is 0 Å². The molecule has 0 aliphatic carbocycles. The van der Waals surface area contributed by atoms with Gasteiger partial charge in [0.2, 0.25) is 0 Å². The number of piperazine rings is 1. The van der Waals surface area contributed by atoms with Crippen LogP contribution in [0.25, 0.3) is 0 Å². The molecule has 1 atom stereocenters. The minimum atomic E-state index is -0.138. The maximum absolute atomic E-state index is 13.8. The van der Waals surface area contributed by atoms with E-state index in [1.54, 1.807) is 12.1 Å². The van der Waals surface area contributed by atoms with Gasteiger partial charge in [-0.05, 0) is 43.8 Å². The molecule has 1 aliphatic heterocycles. The van der Waals surface area contributed by atoms with Crippen LogP contribution >= 0.6 is 0 Å². The number of benzene rings is 1. The Morgan fingerprint density at radius 3 is 2.70 bits per heavy atom. The normalized spacial score (nSPS) is 20.4. The van der Waals surface area contributed by atoms with Crippen LogP contribution in [-0.2, 0) is 6.54 Å². The predicted molar refractivity (Wildman–Crippen MR) is 82.7 cm³/mol. The van der Waals surface area contributed by atoms with Crippen molar-refractivity contribution < 1.29 is 4.39 Å². The largest absolute Gasteiger partial charge is 0.369 e. The number of halogens is 1. The molecule has 1 aliphatic rings. The van der Waals surface area contributed by atoms with E-state index < -0.39 is 0 Å². The molecule has 3 nitrogen and oxygen atoms in total. The molecule has 20 heavy (non-hydrogen) atoms. The third-order valence-electron chi connectivity index (χ3n) is 4.06. The second-order valence-electron chi connectivity index (χ2n) is 5.52. The zero-order valence-corrected chi connectivity index (χ0v) is 12.8. The topological polar surface area (TPSA) is 18.5 Å². The fourth-order valence-electron chi connectivity index (χ4n) is 2.89. The standard InChI is InChI=1S/C16H26FN3/c1-4-18-11-14-8-15(17)10-16(9-14)20-7-6-19(5-2)13(3)12-20/h8-10,13,18H,4-7,11-12H2,1-3H3. The van der Waals surface area contributed by atoms with Crippen LogP contribution in [-0.4, -0.2) is 43.7 Å². The van der Waals surface area contributed by atoms with Gasteiger partial charge in [-0.1, -0.05) is 13.8 Å². The van der Waals surface area contributed by atoms with Crippen LogP contribution in [0.3, 0.4) is 0 Å². The third-order valence-corrected chi connectivity index (χ3v) is 4.06. The Labute approximate surface area is 121 Å². The van der Waals surface area contributed by atoms with E-state index in [1.807, 2.05) is 0 Å². The summed E-state index contributed by atoms with van der Waals surface area (Å²) in [5, 5.41) is 3.25. The van der Waals surface area contributed by atoms with Gasteiger partial charge in [-0.15, -0.1) is 0 Å². The van der Waals surface area contributed by atoms with Gasteiger partial charge in [0, 0.05) is 37.9 Å². The Kier molecular flexibility index (Phi) is 5.38. The van der Waals surface area contributed by atoms with E-state index in [1.165, 1.54) is 0 Å². The Morgan fingerprint density at radius 1 is 1.25 bits per heavy atom. The maximum atomic E-state index is 13.8. The Bertz CT molecular complexity index is 436. The highest BCUT2D eigenvalue weighted by Gasteiger charge is 2.22. The lowest BCUT2D eigenvalue weighted by molar-refractivity contribution is 0.199. The molecule has 4 heteroatoms. The van der Waals surface area contributed by atoms with Crippen molar-refractivity contribution in [3.8, 4) is 0 Å². The Hall–Kier alpha value is -1.13. The summed E-state index contributed by atoms with van der Waals surface area (Å²) in [7, 11) is 0. The van der Waals surface area contributed by atoms with E-state index >= 15 is 0 Å². The summed E-state index contributed by atoms with van der Waals surface area (Å²) in [6, 6.07) is 5.91. The van der Waals surface area contributed by atoms with E-state index in [9.17, 15) is 4.39 Å². The summed E-state index contributed by atoms with van der Waals surface area (Å²) < 4.78 is 13.8. The van der Waals surface area contributed by atoms with Gasteiger partial charge in [0.1, 0.15) is 5.82 Å². The minimum Gasteiger partial charge on any atom is -0.369 e. The van der Waals surface area contributed by atoms with Crippen molar-refractivity contribution in [2.45, 2.75) is 33.4 Å². The minimum absolute atomic E-state index is 0.138. The number of nitrogens with one attached hydrogen (secondary N) is 1. The number of likely N-dealkylation sites (N-methyl/N-ethyl adjacent to an activating group) is 1. The number of rotatable bonds is 5. The van der Waals surface area contributed by atoms with Crippen molar-refractivity contribution in [3.05, 3.63) is 29.6 Å². The highest BCUT2D eigenvalue weighted by molar-refractivity contribution is 5.49. The first-order valence-electron chi connectivity index (χ1n) is 7.63. The van der Waals surface area contributed by atoms with Crippen molar-refractivity contribution in [1.29, 1.82) is 0 Å². The average molecular weight is 279 g/mol. The van der Waals surface area contributed by atoms with E-state index in [0.717, 1.165) is 50.5 Å². The van der Waals surface area contributed by atoms with Gasteiger partial charge in [0.05, 0.1) is 0 Å². The van der Waals surface area contributed by atoms with E-state index in [2.05, 4.69) is 42.0 Å². The predicted octanol–water partition coefficient (Wildman–Crippen LogP) is 2.47. The molecule has 0 bridgehead atoms. The molecule has 2 rings (SSSR count). The fourth-order valence-corrected chi connectivity index (χ4v) is 2.89. The van der Waals surface area contributed by atoms with Crippen LogP contribution in [0, 0.1) is 5.82 Å². The van der Waals surface area contributed by atoms with Gasteiger partial charge in [-0.3, -0.25) is 4.90 Å². The zero-order valence-electron chi connectivity index (χ0n) is 12.8. The van der Waals surface area contributed by atoms with Gasteiger partial charge in [-0.2, -0.15) is 0 Å². The summed E-state index contributed by atoms with van der Waals surface area (Å²) in [5.74, 6) is -0.138. The lowest BCUT2D eigenvalue weighted by atomic mass is 10.1. The van der Waals surface area contributed by atoms with Crippen LogP contribution in [0.5, 0.6) is 0 Å². The molecule has 1 unspecified atom stereocenters. The first kappa shape index (κ1) is 15.3. The molecular formula is C16H26FN3. The molecule has 1 aromatic carbocycles. The van der Waals surface area contributed by atoms with Gasteiger partial charge in [0.25, 0.3) is 0 Å². The molecule has 0 spiro atoms. The van der Waals surface area contributed by atoms with E-state index in [4.69, 9.17) is 0 Å². The molecule has 1 heterocycles. The molecule has 112 valence electrons. The maximum Gasteiger partial charge on any atom is 0.125 e.